The highest BCUT2D eigenvalue weighted by Gasteiger charge is 2.51. The van der Waals surface area contributed by atoms with E-state index in [1.807, 2.05) is 0 Å². The molecule has 236 valence electrons. The molecule has 4 aromatic carbocycles. The molecule has 0 unspecified atom stereocenters. The van der Waals surface area contributed by atoms with Crippen molar-refractivity contribution in [3.8, 4) is 16.9 Å². The van der Waals surface area contributed by atoms with E-state index < -0.39 is 38.2 Å². The molecule has 2 aliphatic rings. The minimum absolute atomic E-state index is 0.0551. The molecule has 0 radical (unpaired) electrons. The summed E-state index contributed by atoms with van der Waals surface area (Å²) in [6.45, 7) is 0.257. The van der Waals surface area contributed by atoms with Crippen molar-refractivity contribution < 1.29 is 26.7 Å². The number of sulfonamides is 1. The van der Waals surface area contributed by atoms with Crippen LogP contribution in [0.2, 0.25) is 5.02 Å². The molecule has 7 nitrogen and oxygen atoms in total. The Bertz CT molecular complexity index is 1830. The Morgan fingerprint density at radius 1 is 0.933 bits per heavy atom. The molecule has 1 amide bonds. The largest absolute Gasteiger partial charge is 0.490 e. The van der Waals surface area contributed by atoms with Crippen molar-refractivity contribution in [2.45, 2.75) is 61.0 Å². The molecule has 11 heteroatoms. The van der Waals surface area contributed by atoms with Crippen molar-refractivity contribution in [3.63, 3.8) is 0 Å². The van der Waals surface area contributed by atoms with Gasteiger partial charge >= 0.3 is 0 Å². The van der Waals surface area contributed by atoms with Crippen molar-refractivity contribution in [1.29, 1.82) is 0 Å². The predicted molar refractivity (Wildman–Crippen MR) is 171 cm³/mol. The molecular weight excluding hydrogens is 620 g/mol. The number of likely N-dealkylation sites (tertiary alicyclic amines) is 1. The number of halogens is 3. The number of carbonyl (C=O) groups is 1. The monoisotopic (exact) mass is 653 g/mol. The number of ether oxygens (including phenoxy) is 1. The van der Waals surface area contributed by atoms with Gasteiger partial charge in [-0.15, -0.1) is 0 Å². The SMILES string of the molecule is N[C@H]1CCN(C(=O)[C@@H](c2c(S(N)(=O)=O)ccc3cc(OC4CCCC4)ccc23)C(F)(F)c2ccc(-c3ccc(Cl)cc3)cc2)C1. The normalized spacial score (nSPS) is 18.4. The van der Waals surface area contributed by atoms with Gasteiger partial charge in [0, 0.05) is 29.7 Å². The maximum absolute atomic E-state index is 17.0. The Labute approximate surface area is 266 Å². The van der Waals surface area contributed by atoms with Crippen LogP contribution in [0.25, 0.3) is 21.9 Å². The highest BCUT2D eigenvalue weighted by Crippen LogP contribution is 2.48. The maximum Gasteiger partial charge on any atom is 0.288 e. The van der Waals surface area contributed by atoms with Gasteiger partial charge in [0.1, 0.15) is 11.7 Å². The van der Waals surface area contributed by atoms with Crippen LogP contribution in [-0.2, 0) is 20.7 Å². The van der Waals surface area contributed by atoms with Crippen LogP contribution in [0.3, 0.4) is 0 Å². The lowest BCUT2D eigenvalue weighted by atomic mass is 9.83. The van der Waals surface area contributed by atoms with Gasteiger partial charge in [-0.05, 0) is 89.9 Å². The molecule has 0 aromatic heterocycles. The molecule has 2 fully saturated rings. The Hall–Kier alpha value is -3.57. The molecule has 1 aliphatic carbocycles. The van der Waals surface area contributed by atoms with E-state index in [0.717, 1.165) is 31.2 Å². The number of nitrogens with zero attached hydrogens (tertiary/aromatic N) is 1. The van der Waals surface area contributed by atoms with Crippen molar-refractivity contribution >= 4 is 38.3 Å². The van der Waals surface area contributed by atoms with Crippen molar-refractivity contribution in [1.82, 2.24) is 4.90 Å². The standard InChI is InChI=1S/C34H34ClF2N3O4S/c35-25-12-7-22(8-13-25)21-5-10-24(11-6-21)34(36,37)32(33(41)40-18-17-26(38)20-40)31-29-15-14-28(44-27-3-1-2-4-27)19-23(29)9-16-30(31)45(39,42)43/h5-16,19,26-27,32H,1-4,17-18,20,38H2,(H2,39,42,43)/t26-,32+/m0/s1. The van der Waals surface area contributed by atoms with Gasteiger partial charge in [-0.3, -0.25) is 4.79 Å². The number of rotatable bonds is 8. The zero-order valence-corrected chi connectivity index (χ0v) is 26.0. The van der Waals surface area contributed by atoms with Gasteiger partial charge in [-0.1, -0.05) is 60.1 Å². The third kappa shape index (κ3) is 6.42. The minimum atomic E-state index is -4.53. The van der Waals surface area contributed by atoms with E-state index in [2.05, 4.69) is 0 Å². The highest BCUT2D eigenvalue weighted by atomic mass is 35.5. The summed E-state index contributed by atoms with van der Waals surface area (Å²) in [5.41, 5.74) is 6.71. The fraction of sp³-hybridized carbons (Fsp3) is 0.324. The summed E-state index contributed by atoms with van der Waals surface area (Å²) in [4.78, 5) is 14.9. The number of alkyl halides is 2. The van der Waals surface area contributed by atoms with Gasteiger partial charge in [0.25, 0.3) is 5.92 Å². The minimum Gasteiger partial charge on any atom is -0.490 e. The summed E-state index contributed by atoms with van der Waals surface area (Å²) in [5, 5.41) is 6.81. The van der Waals surface area contributed by atoms with Gasteiger partial charge in [0.05, 0.1) is 11.0 Å². The van der Waals surface area contributed by atoms with Gasteiger partial charge in [0.2, 0.25) is 15.9 Å². The Balaban J connectivity index is 1.50. The first-order valence-corrected chi connectivity index (χ1v) is 16.9. The zero-order valence-electron chi connectivity index (χ0n) is 24.5. The van der Waals surface area contributed by atoms with E-state index in [4.69, 9.17) is 27.2 Å². The number of amides is 1. The molecule has 1 saturated heterocycles. The second-order valence-corrected chi connectivity index (χ2v) is 13.9. The topological polar surface area (TPSA) is 116 Å². The number of benzene rings is 4. The quantitative estimate of drug-likeness (QED) is 0.223. The molecule has 0 bridgehead atoms. The van der Waals surface area contributed by atoms with Crippen LogP contribution in [0.15, 0.2) is 83.8 Å². The lowest BCUT2D eigenvalue weighted by Crippen LogP contribution is -2.42. The summed E-state index contributed by atoms with van der Waals surface area (Å²) in [7, 11) is -4.53. The Kier molecular flexibility index (Phi) is 8.60. The average Bonchev–Trinajstić information content (AvgIpc) is 3.69. The predicted octanol–water partition coefficient (Wildman–Crippen LogP) is 6.56. The van der Waals surface area contributed by atoms with E-state index in [9.17, 15) is 13.2 Å². The fourth-order valence-corrected chi connectivity index (χ4v) is 7.37. The number of hydrogen-bond acceptors (Lipinski definition) is 5. The molecule has 1 heterocycles. The third-order valence-corrected chi connectivity index (χ3v) is 10.0. The van der Waals surface area contributed by atoms with Crippen LogP contribution in [0.5, 0.6) is 5.75 Å². The molecule has 2 atom stereocenters. The summed E-state index contributed by atoms with van der Waals surface area (Å²) in [5.74, 6) is -6.42. The summed E-state index contributed by atoms with van der Waals surface area (Å²) >= 11 is 6.00. The number of primary sulfonamides is 1. The van der Waals surface area contributed by atoms with Gasteiger partial charge in [0.15, 0.2) is 0 Å². The van der Waals surface area contributed by atoms with Crippen LogP contribution in [0.4, 0.5) is 8.78 Å². The summed E-state index contributed by atoms with van der Waals surface area (Å²) in [6.07, 6.45) is 4.48. The second-order valence-electron chi connectivity index (χ2n) is 11.9. The molecule has 0 spiro atoms. The van der Waals surface area contributed by atoms with Gasteiger partial charge in [-0.2, -0.15) is 0 Å². The smallest absolute Gasteiger partial charge is 0.288 e. The van der Waals surface area contributed by atoms with Crippen LogP contribution < -0.4 is 15.6 Å². The first-order valence-electron chi connectivity index (χ1n) is 15.0. The Morgan fingerprint density at radius 3 is 2.18 bits per heavy atom. The molecule has 1 saturated carbocycles. The van der Waals surface area contributed by atoms with Gasteiger partial charge in [-0.25, -0.2) is 22.3 Å². The van der Waals surface area contributed by atoms with Crippen molar-refractivity contribution in [3.05, 3.63) is 95.0 Å². The van der Waals surface area contributed by atoms with E-state index in [0.29, 0.717) is 28.1 Å². The average molecular weight is 654 g/mol. The van der Waals surface area contributed by atoms with Crippen LogP contribution in [-0.4, -0.2) is 44.5 Å². The number of carbonyl (C=O) groups excluding carboxylic acids is 1. The van der Waals surface area contributed by atoms with Crippen LogP contribution in [0.1, 0.15) is 49.1 Å². The number of fused-ring (bicyclic) bond motifs is 1. The molecule has 6 rings (SSSR count). The lowest BCUT2D eigenvalue weighted by molar-refractivity contribution is -0.143. The van der Waals surface area contributed by atoms with E-state index >= 15 is 8.78 Å². The summed E-state index contributed by atoms with van der Waals surface area (Å²) in [6, 6.07) is 19.7. The lowest BCUT2D eigenvalue weighted by Gasteiger charge is -2.32. The highest BCUT2D eigenvalue weighted by molar-refractivity contribution is 7.89. The van der Waals surface area contributed by atoms with E-state index in [1.165, 1.54) is 41.3 Å². The molecular formula is C34H34ClF2N3O4S. The number of hydrogen-bond donors (Lipinski definition) is 2. The van der Waals surface area contributed by atoms with Gasteiger partial charge < -0.3 is 15.4 Å². The van der Waals surface area contributed by atoms with Crippen molar-refractivity contribution in [2.75, 3.05) is 13.1 Å². The fourth-order valence-electron chi connectivity index (χ4n) is 6.45. The third-order valence-electron chi connectivity index (χ3n) is 8.79. The molecule has 4 aromatic rings. The van der Waals surface area contributed by atoms with Crippen LogP contribution >= 0.6 is 11.6 Å². The van der Waals surface area contributed by atoms with E-state index in [-0.39, 0.29) is 36.2 Å². The Morgan fingerprint density at radius 2 is 1.58 bits per heavy atom. The molecule has 45 heavy (non-hydrogen) atoms. The van der Waals surface area contributed by atoms with Crippen LogP contribution in [0, 0.1) is 0 Å². The maximum atomic E-state index is 17.0. The summed E-state index contributed by atoms with van der Waals surface area (Å²) < 4.78 is 66.0. The zero-order chi connectivity index (χ0) is 31.9. The number of nitrogens with two attached hydrogens (primary N) is 2. The molecule has 4 N–H and O–H groups in total. The first kappa shape index (κ1) is 31.4. The molecule has 1 aliphatic heterocycles. The van der Waals surface area contributed by atoms with E-state index in [1.54, 1.807) is 42.5 Å². The second kappa shape index (κ2) is 12.3. The van der Waals surface area contributed by atoms with Crippen molar-refractivity contribution in [2.24, 2.45) is 10.9 Å². The first-order chi connectivity index (χ1) is 21.4.